The van der Waals surface area contributed by atoms with Crippen molar-refractivity contribution in [2.24, 2.45) is 5.92 Å². The second kappa shape index (κ2) is 8.36. The Morgan fingerprint density at radius 3 is 2.40 bits per heavy atom. The Hall–Kier alpha value is -0.650. The van der Waals surface area contributed by atoms with Crippen molar-refractivity contribution in [3.63, 3.8) is 0 Å². The van der Waals surface area contributed by atoms with Crippen molar-refractivity contribution in [3.05, 3.63) is 0 Å². The summed E-state index contributed by atoms with van der Waals surface area (Å²) in [7, 11) is 0. The van der Waals surface area contributed by atoms with E-state index in [0.717, 1.165) is 25.9 Å². The van der Waals surface area contributed by atoms with Crippen LogP contribution in [0.2, 0.25) is 0 Å². The third-order valence-electron chi connectivity index (χ3n) is 5.35. The van der Waals surface area contributed by atoms with Crippen LogP contribution in [0, 0.1) is 5.92 Å². The van der Waals surface area contributed by atoms with Gasteiger partial charge in [0.15, 0.2) is 0 Å². The lowest BCUT2D eigenvalue weighted by Crippen LogP contribution is -2.38. The first-order chi connectivity index (χ1) is 11.6. The van der Waals surface area contributed by atoms with Crippen LogP contribution in [0.15, 0.2) is 0 Å². The first-order valence-electron chi connectivity index (χ1n) is 9.88. The maximum atomic E-state index is 12.7. The van der Waals surface area contributed by atoms with Gasteiger partial charge in [-0.3, -0.25) is 9.69 Å². The molecule has 2 fully saturated rings. The van der Waals surface area contributed by atoms with E-state index in [1.165, 1.54) is 12.8 Å². The second-order valence-electron chi connectivity index (χ2n) is 9.31. The van der Waals surface area contributed by atoms with Gasteiger partial charge in [-0.1, -0.05) is 0 Å². The van der Waals surface area contributed by atoms with E-state index in [2.05, 4.69) is 25.7 Å². The molecule has 2 aliphatic rings. The van der Waals surface area contributed by atoms with Gasteiger partial charge in [0.25, 0.3) is 0 Å². The number of amides is 1. The van der Waals surface area contributed by atoms with Crippen LogP contribution in [0.25, 0.3) is 0 Å². The largest absolute Gasteiger partial charge is 0.374 e. The molecule has 2 saturated heterocycles. The number of ether oxygens (including phenoxy) is 2. The predicted molar refractivity (Wildman–Crippen MR) is 100 cm³/mol. The first kappa shape index (κ1) is 20.7. The lowest BCUT2D eigenvalue weighted by molar-refractivity contribution is -0.136. The third kappa shape index (κ3) is 6.54. The minimum atomic E-state index is -0.263. The maximum absolute atomic E-state index is 12.7. The Labute approximate surface area is 154 Å². The third-order valence-corrected chi connectivity index (χ3v) is 5.35. The zero-order valence-electron chi connectivity index (χ0n) is 17.1. The smallest absolute Gasteiger partial charge is 0.225 e. The second-order valence-corrected chi connectivity index (χ2v) is 9.31. The van der Waals surface area contributed by atoms with Crippen molar-refractivity contribution in [2.75, 3.05) is 33.0 Å². The summed E-state index contributed by atoms with van der Waals surface area (Å²) in [6, 6.07) is 0.613. The highest BCUT2D eigenvalue weighted by atomic mass is 16.5. The van der Waals surface area contributed by atoms with Crippen LogP contribution >= 0.6 is 0 Å². The fourth-order valence-electron chi connectivity index (χ4n) is 3.77. The van der Waals surface area contributed by atoms with Gasteiger partial charge in [0.05, 0.1) is 24.5 Å². The van der Waals surface area contributed by atoms with E-state index in [-0.39, 0.29) is 23.0 Å². The molecular weight excluding hydrogens is 316 g/mol. The van der Waals surface area contributed by atoms with Gasteiger partial charge in [-0.25, -0.2) is 0 Å². The van der Waals surface area contributed by atoms with E-state index in [9.17, 15) is 4.79 Å². The van der Waals surface area contributed by atoms with Gasteiger partial charge < -0.3 is 14.4 Å². The summed E-state index contributed by atoms with van der Waals surface area (Å²) >= 11 is 0. The zero-order chi connectivity index (χ0) is 18.7. The molecule has 25 heavy (non-hydrogen) atoms. The molecule has 1 amide bonds. The van der Waals surface area contributed by atoms with Crippen LogP contribution in [0.4, 0.5) is 0 Å². The van der Waals surface area contributed by atoms with Crippen LogP contribution in [0.1, 0.15) is 67.2 Å². The first-order valence-corrected chi connectivity index (χ1v) is 9.88. The van der Waals surface area contributed by atoms with Gasteiger partial charge in [0.2, 0.25) is 5.91 Å². The predicted octanol–water partition coefficient (Wildman–Crippen LogP) is 3.28. The number of hydrogen-bond donors (Lipinski definition) is 0. The quantitative estimate of drug-likeness (QED) is 0.671. The zero-order valence-corrected chi connectivity index (χ0v) is 17.1. The highest BCUT2D eigenvalue weighted by Gasteiger charge is 2.36. The molecule has 0 spiro atoms. The molecule has 2 unspecified atom stereocenters. The van der Waals surface area contributed by atoms with Crippen molar-refractivity contribution >= 4 is 5.91 Å². The number of likely N-dealkylation sites (tertiary alicyclic amines) is 2. The number of hydrogen-bond acceptors (Lipinski definition) is 4. The molecule has 146 valence electrons. The number of nitrogens with zero attached hydrogens (tertiary/aromatic N) is 2. The summed E-state index contributed by atoms with van der Waals surface area (Å²) in [4.78, 5) is 17.0. The minimum Gasteiger partial charge on any atom is -0.374 e. The van der Waals surface area contributed by atoms with Gasteiger partial charge in [0, 0.05) is 31.6 Å². The molecule has 0 aromatic rings. The average Bonchev–Trinajstić information content (AvgIpc) is 3.04. The van der Waals surface area contributed by atoms with E-state index in [1.54, 1.807) is 0 Å². The summed E-state index contributed by atoms with van der Waals surface area (Å²) in [6.07, 6.45) is 4.25. The van der Waals surface area contributed by atoms with E-state index < -0.39 is 0 Å². The number of carbonyl (C=O) groups is 1. The Kier molecular flexibility index (Phi) is 6.91. The van der Waals surface area contributed by atoms with Gasteiger partial charge >= 0.3 is 0 Å². The lowest BCUT2D eigenvalue weighted by Gasteiger charge is -2.31. The normalized spacial score (nSPS) is 26.0. The van der Waals surface area contributed by atoms with Crippen LogP contribution in [-0.2, 0) is 14.3 Å². The summed E-state index contributed by atoms with van der Waals surface area (Å²) < 4.78 is 11.9. The Morgan fingerprint density at radius 2 is 1.80 bits per heavy atom. The van der Waals surface area contributed by atoms with Crippen LogP contribution < -0.4 is 0 Å². The average molecular weight is 355 g/mol. The van der Waals surface area contributed by atoms with Crippen LogP contribution in [-0.4, -0.2) is 65.9 Å². The van der Waals surface area contributed by atoms with Crippen molar-refractivity contribution < 1.29 is 14.3 Å². The molecule has 0 aliphatic carbocycles. The Bertz CT molecular complexity index is 445. The highest BCUT2D eigenvalue weighted by molar-refractivity contribution is 5.80. The summed E-state index contributed by atoms with van der Waals surface area (Å²) in [5.74, 6) is 0.351. The number of carbonyl (C=O) groups excluding carboxylic acids is 1. The monoisotopic (exact) mass is 354 g/mol. The molecule has 0 N–H and O–H groups in total. The van der Waals surface area contributed by atoms with Gasteiger partial charge in [0.1, 0.15) is 0 Å². The van der Waals surface area contributed by atoms with Crippen LogP contribution in [0.3, 0.4) is 0 Å². The molecule has 0 aromatic carbocycles. The van der Waals surface area contributed by atoms with Crippen molar-refractivity contribution in [2.45, 2.75) is 84.5 Å². The van der Waals surface area contributed by atoms with E-state index in [4.69, 9.17) is 9.47 Å². The standard InChI is InChI=1S/C20H38N2O3/c1-16-8-7-10-22(16)15-25-20(5,6)14-17-9-11-21(18(17)23)12-13-24-19(2,3)4/h16-17H,7-15H2,1-6H3. The molecule has 2 heterocycles. The molecule has 2 aliphatic heterocycles. The van der Waals surface area contributed by atoms with E-state index in [0.29, 0.717) is 25.9 Å². The molecule has 5 nitrogen and oxygen atoms in total. The molecule has 0 bridgehead atoms. The van der Waals surface area contributed by atoms with Crippen molar-refractivity contribution in [3.8, 4) is 0 Å². The molecule has 0 aromatic heterocycles. The Balaban J connectivity index is 1.74. The molecule has 0 radical (unpaired) electrons. The molecule has 5 heteroatoms. The van der Waals surface area contributed by atoms with Gasteiger partial charge in [-0.05, 0) is 67.2 Å². The Morgan fingerprint density at radius 1 is 1.08 bits per heavy atom. The highest BCUT2D eigenvalue weighted by Crippen LogP contribution is 2.29. The topological polar surface area (TPSA) is 42.0 Å². The van der Waals surface area contributed by atoms with Gasteiger partial charge in [-0.15, -0.1) is 0 Å². The van der Waals surface area contributed by atoms with E-state index in [1.807, 2.05) is 25.7 Å². The van der Waals surface area contributed by atoms with Crippen molar-refractivity contribution in [1.82, 2.24) is 9.80 Å². The summed E-state index contributed by atoms with van der Waals surface area (Å²) in [5, 5.41) is 0. The van der Waals surface area contributed by atoms with E-state index >= 15 is 0 Å². The fraction of sp³-hybridized carbons (Fsp3) is 0.950. The van der Waals surface area contributed by atoms with Crippen LogP contribution in [0.5, 0.6) is 0 Å². The maximum Gasteiger partial charge on any atom is 0.225 e. The number of rotatable bonds is 8. The van der Waals surface area contributed by atoms with Gasteiger partial charge in [-0.2, -0.15) is 0 Å². The minimum absolute atomic E-state index is 0.0839. The SMILES string of the molecule is CC1CCCN1COC(C)(C)CC1CCN(CCOC(C)(C)C)C1=O. The fourth-order valence-corrected chi connectivity index (χ4v) is 3.77. The molecule has 0 saturated carbocycles. The lowest BCUT2D eigenvalue weighted by atomic mass is 9.92. The molecular formula is C20H38N2O3. The summed E-state index contributed by atoms with van der Waals surface area (Å²) in [5.41, 5.74) is -0.411. The van der Waals surface area contributed by atoms with Crippen molar-refractivity contribution in [1.29, 1.82) is 0 Å². The summed E-state index contributed by atoms with van der Waals surface area (Å²) in [6.45, 7) is 16.6. The molecule has 2 atom stereocenters. The molecule has 2 rings (SSSR count).